The van der Waals surface area contributed by atoms with Crippen LogP contribution in [0.4, 0.5) is 17.2 Å². The zero-order valence-corrected chi connectivity index (χ0v) is 20.5. The van der Waals surface area contributed by atoms with Crippen LogP contribution in [0.1, 0.15) is 29.7 Å². The van der Waals surface area contributed by atoms with E-state index >= 15 is 0 Å². The maximum absolute atomic E-state index is 12.6. The number of pyridine rings is 1. The number of nitrogens with zero attached hydrogens (tertiary/aromatic N) is 4. The molecule has 0 bridgehead atoms. The molecule has 0 saturated carbocycles. The van der Waals surface area contributed by atoms with E-state index in [1.165, 1.54) is 26.6 Å². The summed E-state index contributed by atoms with van der Waals surface area (Å²) in [5.41, 5.74) is 4.63. The van der Waals surface area contributed by atoms with E-state index in [0.717, 1.165) is 70.0 Å². The van der Waals surface area contributed by atoms with Crippen LogP contribution in [-0.2, 0) is 11.3 Å². The lowest BCUT2D eigenvalue weighted by atomic mass is 9.99. The highest BCUT2D eigenvalue weighted by Crippen LogP contribution is 2.35. The molecule has 5 heterocycles. The van der Waals surface area contributed by atoms with E-state index in [9.17, 15) is 4.79 Å². The van der Waals surface area contributed by atoms with Gasteiger partial charge in [0, 0.05) is 60.9 Å². The number of anilines is 3. The molecule has 3 aliphatic rings. The number of nitrogens with one attached hydrogen (secondary N) is 1. The quantitative estimate of drug-likeness (QED) is 0.593. The number of benzene rings is 1. The fourth-order valence-electron chi connectivity index (χ4n) is 5.43. The molecule has 0 spiro atoms. The third-order valence-electron chi connectivity index (χ3n) is 7.29. The molecule has 1 amide bonds. The number of rotatable bonds is 4. The first-order chi connectivity index (χ1) is 16.6. The molecular weight excluding hydrogens is 442 g/mol. The van der Waals surface area contributed by atoms with Gasteiger partial charge in [-0.05, 0) is 67.6 Å². The molecule has 176 valence electrons. The van der Waals surface area contributed by atoms with Crippen LogP contribution in [0.25, 0.3) is 10.4 Å². The predicted molar refractivity (Wildman–Crippen MR) is 140 cm³/mol. The zero-order valence-electron chi connectivity index (χ0n) is 19.7. The molecule has 7 heteroatoms. The third-order valence-corrected chi connectivity index (χ3v) is 8.34. The smallest absolute Gasteiger partial charge is 0.247 e. The minimum atomic E-state index is -0.0452. The number of hydrogen-bond donors (Lipinski definition) is 1. The number of piperazine rings is 1. The number of amides is 1. The van der Waals surface area contributed by atoms with Crippen molar-refractivity contribution in [3.05, 3.63) is 59.1 Å². The number of hydrogen-bond acceptors (Lipinski definition) is 6. The summed E-state index contributed by atoms with van der Waals surface area (Å²) >= 11 is 1.85. The summed E-state index contributed by atoms with van der Waals surface area (Å²) in [7, 11) is 0. The number of fused-ring (bicyclic) bond motifs is 3. The fourth-order valence-corrected chi connectivity index (χ4v) is 6.30. The van der Waals surface area contributed by atoms with Crippen LogP contribution in [0.3, 0.4) is 0 Å². The Bertz CT molecular complexity index is 1180. The molecule has 0 radical (unpaired) electrons. The van der Waals surface area contributed by atoms with Crippen LogP contribution in [0.15, 0.2) is 48.7 Å². The molecule has 0 aliphatic carbocycles. The van der Waals surface area contributed by atoms with Crippen LogP contribution in [0.2, 0.25) is 0 Å². The van der Waals surface area contributed by atoms with Gasteiger partial charge < -0.3 is 15.1 Å². The number of aryl methyl sites for hydroxylation is 1. The van der Waals surface area contributed by atoms with E-state index in [-0.39, 0.29) is 11.9 Å². The molecule has 6 rings (SSSR count). The van der Waals surface area contributed by atoms with Crippen molar-refractivity contribution in [2.45, 2.75) is 38.8 Å². The number of thiophene rings is 1. The first-order valence-corrected chi connectivity index (χ1v) is 13.2. The average molecular weight is 474 g/mol. The average Bonchev–Trinajstić information content (AvgIpc) is 3.31. The lowest BCUT2D eigenvalue weighted by molar-refractivity contribution is -0.118. The van der Waals surface area contributed by atoms with Gasteiger partial charge in [-0.3, -0.25) is 9.69 Å². The van der Waals surface area contributed by atoms with Gasteiger partial charge in [0.1, 0.15) is 6.04 Å². The third kappa shape index (κ3) is 4.18. The van der Waals surface area contributed by atoms with Crippen LogP contribution in [-0.4, -0.2) is 54.6 Å². The van der Waals surface area contributed by atoms with Gasteiger partial charge in [-0.15, -0.1) is 11.3 Å². The summed E-state index contributed by atoms with van der Waals surface area (Å²) in [4.78, 5) is 27.2. The van der Waals surface area contributed by atoms with Gasteiger partial charge in [-0.2, -0.15) is 0 Å². The van der Waals surface area contributed by atoms with Crippen LogP contribution >= 0.6 is 11.3 Å². The summed E-state index contributed by atoms with van der Waals surface area (Å²) in [5.74, 6) is 1.07. The first-order valence-electron chi connectivity index (χ1n) is 12.3. The van der Waals surface area contributed by atoms with Crippen molar-refractivity contribution in [2.24, 2.45) is 0 Å². The van der Waals surface area contributed by atoms with Crippen LogP contribution in [0, 0.1) is 6.92 Å². The monoisotopic (exact) mass is 473 g/mol. The summed E-state index contributed by atoms with van der Waals surface area (Å²) in [6, 6.07) is 15.5. The molecule has 1 aromatic carbocycles. The summed E-state index contributed by atoms with van der Waals surface area (Å²) in [5, 5.41) is 3.11. The molecule has 3 aliphatic heterocycles. The number of carbonyl (C=O) groups excluding carboxylic acids is 1. The standard InChI is InChI=1S/C27H31N5OS/c1-19-5-10-25(34-19)21-6-8-22(9-7-21)31-14-12-30(13-15-31)18-20-16-23-26(28-17-20)32-11-3-2-4-24(32)27(33)29-23/h5-10,16-17,24H,2-4,11-15,18H2,1H3,(H,29,33)/t24-/m0/s1. The minimum absolute atomic E-state index is 0.0452. The Morgan fingerprint density at radius 2 is 1.85 bits per heavy atom. The van der Waals surface area contributed by atoms with Gasteiger partial charge in [0.25, 0.3) is 0 Å². The van der Waals surface area contributed by atoms with Crippen molar-refractivity contribution in [3.8, 4) is 10.4 Å². The second kappa shape index (κ2) is 9.04. The van der Waals surface area contributed by atoms with Crippen molar-refractivity contribution >= 4 is 34.4 Å². The Morgan fingerprint density at radius 3 is 2.62 bits per heavy atom. The Morgan fingerprint density at radius 1 is 1.03 bits per heavy atom. The second-order valence-electron chi connectivity index (χ2n) is 9.63. The van der Waals surface area contributed by atoms with E-state index < -0.39 is 0 Å². The molecule has 0 unspecified atom stereocenters. The molecule has 6 nitrogen and oxygen atoms in total. The topological polar surface area (TPSA) is 51.7 Å². The highest BCUT2D eigenvalue weighted by Gasteiger charge is 2.35. The molecule has 3 aromatic rings. The van der Waals surface area contributed by atoms with Crippen molar-refractivity contribution in [2.75, 3.05) is 47.8 Å². The van der Waals surface area contributed by atoms with Crippen LogP contribution < -0.4 is 15.1 Å². The predicted octanol–water partition coefficient (Wildman–Crippen LogP) is 4.75. The summed E-state index contributed by atoms with van der Waals surface area (Å²) in [6.07, 6.45) is 5.18. The van der Waals surface area contributed by atoms with E-state index in [2.05, 4.69) is 69.4 Å². The first kappa shape index (κ1) is 21.6. The Kier molecular flexibility index (Phi) is 5.75. The number of carbonyl (C=O) groups is 1. The van der Waals surface area contributed by atoms with E-state index in [0.29, 0.717) is 0 Å². The normalized spacial score (nSPS) is 20.6. The van der Waals surface area contributed by atoms with Crippen molar-refractivity contribution in [3.63, 3.8) is 0 Å². The maximum Gasteiger partial charge on any atom is 0.247 e. The molecular formula is C27H31N5OS. The van der Waals surface area contributed by atoms with Gasteiger partial charge in [0.05, 0.1) is 5.69 Å². The van der Waals surface area contributed by atoms with Crippen molar-refractivity contribution in [1.29, 1.82) is 0 Å². The molecule has 2 aromatic heterocycles. The maximum atomic E-state index is 12.6. The van der Waals surface area contributed by atoms with E-state index in [4.69, 9.17) is 4.98 Å². The largest absolute Gasteiger partial charge is 0.369 e. The van der Waals surface area contributed by atoms with E-state index in [1.807, 2.05) is 17.5 Å². The van der Waals surface area contributed by atoms with Crippen molar-refractivity contribution < 1.29 is 4.79 Å². The summed E-state index contributed by atoms with van der Waals surface area (Å²) < 4.78 is 0. The highest BCUT2D eigenvalue weighted by molar-refractivity contribution is 7.15. The molecule has 2 saturated heterocycles. The van der Waals surface area contributed by atoms with Crippen LogP contribution in [0.5, 0.6) is 0 Å². The minimum Gasteiger partial charge on any atom is -0.369 e. The van der Waals surface area contributed by atoms with Gasteiger partial charge >= 0.3 is 0 Å². The molecule has 1 atom stereocenters. The second-order valence-corrected chi connectivity index (χ2v) is 10.9. The lowest BCUT2D eigenvalue weighted by Crippen LogP contribution is -2.51. The highest BCUT2D eigenvalue weighted by atomic mass is 32.1. The fraction of sp³-hybridized carbons (Fsp3) is 0.407. The molecule has 1 N–H and O–H groups in total. The van der Waals surface area contributed by atoms with Gasteiger partial charge in [0.15, 0.2) is 5.82 Å². The summed E-state index contributed by atoms with van der Waals surface area (Å²) in [6.45, 7) is 8.01. The molecule has 34 heavy (non-hydrogen) atoms. The SMILES string of the molecule is Cc1ccc(-c2ccc(N3CCN(Cc4cnc5c(c4)NC(=O)[C@@H]4CCCCN54)CC3)cc2)s1. The molecule has 2 fully saturated rings. The van der Waals surface area contributed by atoms with Crippen molar-refractivity contribution in [1.82, 2.24) is 9.88 Å². The van der Waals surface area contributed by atoms with Gasteiger partial charge in [0.2, 0.25) is 5.91 Å². The Labute approximate surface area is 205 Å². The number of aromatic nitrogens is 1. The van der Waals surface area contributed by atoms with E-state index in [1.54, 1.807) is 0 Å². The lowest BCUT2D eigenvalue weighted by Gasteiger charge is -2.40. The number of piperidine rings is 1. The Hall–Kier alpha value is -2.90. The Balaban J connectivity index is 1.08. The van der Waals surface area contributed by atoms with Gasteiger partial charge in [-0.25, -0.2) is 4.98 Å². The zero-order chi connectivity index (χ0) is 23.1. The van der Waals surface area contributed by atoms with Gasteiger partial charge in [-0.1, -0.05) is 12.1 Å².